The van der Waals surface area contributed by atoms with Crippen LogP contribution >= 0.6 is 0 Å². The van der Waals surface area contributed by atoms with Crippen molar-refractivity contribution >= 4 is 17.6 Å². The van der Waals surface area contributed by atoms with Crippen LogP contribution < -0.4 is 5.32 Å². The van der Waals surface area contributed by atoms with E-state index in [1.165, 1.54) is 6.08 Å². The quantitative estimate of drug-likeness (QED) is 0.618. The van der Waals surface area contributed by atoms with Gasteiger partial charge in [0, 0.05) is 11.8 Å². The molecule has 18 heavy (non-hydrogen) atoms. The monoisotopic (exact) mass is 245 g/mol. The number of allylic oxidation sites excluding steroid dienone is 3. The molecule has 1 aromatic carbocycles. The van der Waals surface area contributed by atoms with Gasteiger partial charge in [0.15, 0.2) is 0 Å². The predicted octanol–water partition coefficient (Wildman–Crippen LogP) is 2.38. The summed E-state index contributed by atoms with van der Waals surface area (Å²) in [6.45, 7) is 1.86. The molecule has 0 spiro atoms. The average molecular weight is 245 g/mol. The molecule has 0 atom stereocenters. The summed E-state index contributed by atoms with van der Waals surface area (Å²) in [6.07, 6.45) is 6.55. The Kier molecular flexibility index (Phi) is 5.38. The number of aliphatic carboxylic acids is 1. The zero-order valence-corrected chi connectivity index (χ0v) is 10.1. The number of hydrogen-bond acceptors (Lipinski definition) is 2. The van der Waals surface area contributed by atoms with E-state index in [-0.39, 0.29) is 12.3 Å². The molecule has 0 aromatic heterocycles. The van der Waals surface area contributed by atoms with Crippen molar-refractivity contribution in [3.05, 3.63) is 54.1 Å². The maximum absolute atomic E-state index is 11.5. The summed E-state index contributed by atoms with van der Waals surface area (Å²) >= 11 is 0. The van der Waals surface area contributed by atoms with Crippen LogP contribution in [0.2, 0.25) is 0 Å². The number of carboxylic acids is 1. The summed E-state index contributed by atoms with van der Waals surface area (Å²) in [5, 5.41) is 11.3. The average Bonchev–Trinajstić information content (AvgIpc) is 2.28. The van der Waals surface area contributed by atoms with Crippen molar-refractivity contribution in [3.63, 3.8) is 0 Å². The molecule has 1 amide bonds. The van der Waals surface area contributed by atoms with Gasteiger partial charge in [-0.1, -0.05) is 30.4 Å². The third kappa shape index (κ3) is 5.12. The summed E-state index contributed by atoms with van der Waals surface area (Å²) in [6, 6.07) is 6.78. The highest BCUT2D eigenvalue weighted by Gasteiger charge is 2.02. The molecule has 94 valence electrons. The number of carboxylic acid groups (broad SMARTS) is 1. The molecule has 2 N–H and O–H groups in total. The van der Waals surface area contributed by atoms with Crippen molar-refractivity contribution in [2.24, 2.45) is 0 Å². The van der Waals surface area contributed by atoms with Gasteiger partial charge in [-0.15, -0.1) is 0 Å². The molecule has 0 saturated carbocycles. The minimum atomic E-state index is -0.897. The van der Waals surface area contributed by atoms with Gasteiger partial charge in [-0.25, -0.2) is 0 Å². The predicted molar refractivity (Wildman–Crippen MR) is 70.4 cm³/mol. The van der Waals surface area contributed by atoms with Crippen LogP contribution in [0.1, 0.15) is 12.5 Å². The first-order valence-electron chi connectivity index (χ1n) is 5.53. The van der Waals surface area contributed by atoms with Gasteiger partial charge in [0.1, 0.15) is 0 Å². The van der Waals surface area contributed by atoms with Crippen molar-refractivity contribution in [2.75, 3.05) is 5.32 Å². The molecular formula is C14H15NO3. The zero-order chi connectivity index (χ0) is 13.4. The van der Waals surface area contributed by atoms with Gasteiger partial charge in [-0.2, -0.15) is 0 Å². The molecular weight excluding hydrogens is 230 g/mol. The van der Waals surface area contributed by atoms with Crippen LogP contribution in [0.4, 0.5) is 5.69 Å². The van der Waals surface area contributed by atoms with E-state index in [1.807, 2.05) is 13.0 Å². The minimum Gasteiger partial charge on any atom is -0.481 e. The minimum absolute atomic E-state index is 0.0574. The van der Waals surface area contributed by atoms with Crippen LogP contribution in [0.5, 0.6) is 0 Å². The summed E-state index contributed by atoms with van der Waals surface area (Å²) in [5.41, 5.74) is 1.24. The molecule has 0 aliphatic carbocycles. The molecule has 4 heteroatoms. The topological polar surface area (TPSA) is 66.4 Å². The molecule has 0 radical (unpaired) electrons. The van der Waals surface area contributed by atoms with E-state index in [4.69, 9.17) is 5.11 Å². The van der Waals surface area contributed by atoms with Gasteiger partial charge in [0.25, 0.3) is 0 Å². The number of hydrogen-bond donors (Lipinski definition) is 2. The van der Waals surface area contributed by atoms with Crippen molar-refractivity contribution in [1.29, 1.82) is 0 Å². The lowest BCUT2D eigenvalue weighted by Gasteiger charge is -2.04. The molecule has 0 heterocycles. The van der Waals surface area contributed by atoms with Crippen molar-refractivity contribution in [3.8, 4) is 0 Å². The van der Waals surface area contributed by atoms with E-state index in [1.54, 1.807) is 36.4 Å². The maximum Gasteiger partial charge on any atom is 0.307 e. The van der Waals surface area contributed by atoms with E-state index < -0.39 is 5.97 Å². The van der Waals surface area contributed by atoms with E-state index in [0.717, 1.165) is 0 Å². The van der Waals surface area contributed by atoms with Gasteiger partial charge < -0.3 is 10.4 Å². The Hall–Kier alpha value is -2.36. The van der Waals surface area contributed by atoms with E-state index in [2.05, 4.69) is 5.32 Å². The standard InChI is InChI=1S/C14H15NO3/c1-2-3-4-8-13(16)15-12-7-5-6-11(9-12)10-14(17)18/h2-9H,10H2,1H3,(H,15,16)(H,17,18)/b3-2+,8-4+. The van der Waals surface area contributed by atoms with Gasteiger partial charge in [-0.3, -0.25) is 9.59 Å². The fourth-order valence-corrected chi connectivity index (χ4v) is 1.37. The summed E-state index contributed by atoms with van der Waals surface area (Å²) in [4.78, 5) is 22.0. The smallest absolute Gasteiger partial charge is 0.307 e. The lowest BCUT2D eigenvalue weighted by Crippen LogP contribution is -2.08. The van der Waals surface area contributed by atoms with Crippen LogP contribution in [-0.2, 0) is 16.0 Å². The highest BCUT2D eigenvalue weighted by Crippen LogP contribution is 2.11. The molecule has 0 fully saturated rings. The summed E-state index contributed by atoms with van der Waals surface area (Å²) < 4.78 is 0. The number of carbonyl (C=O) groups excluding carboxylic acids is 1. The molecule has 0 bridgehead atoms. The van der Waals surface area contributed by atoms with E-state index in [0.29, 0.717) is 11.3 Å². The highest BCUT2D eigenvalue weighted by atomic mass is 16.4. The molecule has 4 nitrogen and oxygen atoms in total. The van der Waals surface area contributed by atoms with Crippen molar-refractivity contribution < 1.29 is 14.7 Å². The molecule has 1 rings (SSSR count). The Labute approximate surface area is 106 Å². The second kappa shape index (κ2) is 7.06. The Morgan fingerprint density at radius 3 is 2.78 bits per heavy atom. The van der Waals surface area contributed by atoms with Gasteiger partial charge in [0.2, 0.25) is 5.91 Å². The van der Waals surface area contributed by atoms with E-state index >= 15 is 0 Å². The van der Waals surface area contributed by atoms with Crippen LogP contribution in [-0.4, -0.2) is 17.0 Å². The van der Waals surface area contributed by atoms with Gasteiger partial charge in [0.05, 0.1) is 6.42 Å². The Morgan fingerprint density at radius 2 is 2.11 bits per heavy atom. The van der Waals surface area contributed by atoms with Crippen LogP contribution in [0.3, 0.4) is 0 Å². The lowest BCUT2D eigenvalue weighted by atomic mass is 10.1. The van der Waals surface area contributed by atoms with Crippen LogP contribution in [0.25, 0.3) is 0 Å². The number of carbonyl (C=O) groups is 2. The van der Waals surface area contributed by atoms with Gasteiger partial charge >= 0.3 is 5.97 Å². The van der Waals surface area contributed by atoms with Crippen LogP contribution in [0, 0.1) is 0 Å². The fraction of sp³-hybridized carbons (Fsp3) is 0.143. The first kappa shape index (κ1) is 13.7. The largest absolute Gasteiger partial charge is 0.481 e. The Morgan fingerprint density at radius 1 is 1.33 bits per heavy atom. The number of amides is 1. The Bertz CT molecular complexity index is 490. The number of rotatable bonds is 5. The lowest BCUT2D eigenvalue weighted by molar-refractivity contribution is -0.136. The Balaban J connectivity index is 2.67. The first-order valence-corrected chi connectivity index (χ1v) is 5.53. The second-order valence-corrected chi connectivity index (χ2v) is 3.65. The number of nitrogens with one attached hydrogen (secondary N) is 1. The SMILES string of the molecule is C/C=C/C=C/C(=O)Nc1cccc(CC(=O)O)c1. The van der Waals surface area contributed by atoms with E-state index in [9.17, 15) is 9.59 Å². The van der Waals surface area contributed by atoms with Crippen LogP contribution in [0.15, 0.2) is 48.6 Å². The number of anilines is 1. The third-order valence-corrected chi connectivity index (χ3v) is 2.10. The third-order valence-electron chi connectivity index (χ3n) is 2.10. The molecule has 1 aromatic rings. The normalized spacial score (nSPS) is 10.9. The van der Waals surface area contributed by atoms with Crippen molar-refractivity contribution in [2.45, 2.75) is 13.3 Å². The second-order valence-electron chi connectivity index (χ2n) is 3.65. The number of benzene rings is 1. The van der Waals surface area contributed by atoms with Crippen molar-refractivity contribution in [1.82, 2.24) is 0 Å². The molecule has 0 aliphatic heterocycles. The maximum atomic E-state index is 11.5. The summed E-state index contributed by atoms with van der Waals surface area (Å²) in [5.74, 6) is -1.15. The molecule has 0 aliphatic rings. The fourth-order valence-electron chi connectivity index (χ4n) is 1.37. The summed E-state index contributed by atoms with van der Waals surface area (Å²) in [7, 11) is 0. The first-order chi connectivity index (χ1) is 8.61. The molecule has 0 unspecified atom stereocenters. The molecule has 0 saturated heterocycles. The van der Waals surface area contributed by atoms with Gasteiger partial charge in [-0.05, 0) is 24.6 Å². The highest BCUT2D eigenvalue weighted by molar-refractivity contribution is 5.99. The zero-order valence-electron chi connectivity index (χ0n) is 10.1.